The van der Waals surface area contributed by atoms with Crippen LogP contribution >= 0.6 is 0 Å². The molecule has 0 N–H and O–H groups in total. The molecule has 0 aliphatic heterocycles. The number of esters is 3. The van der Waals surface area contributed by atoms with Gasteiger partial charge in [0.15, 0.2) is 0 Å². The van der Waals surface area contributed by atoms with Gasteiger partial charge in [0.2, 0.25) is 0 Å². The highest BCUT2D eigenvalue weighted by Gasteiger charge is 2.44. The second-order valence-corrected chi connectivity index (χ2v) is 10.2. The first-order valence-electron chi connectivity index (χ1n) is 11.8. The number of carbonyl (C=O) groups is 3. The van der Waals surface area contributed by atoms with Crippen LogP contribution in [-0.2, 0) is 47.5 Å². The van der Waals surface area contributed by atoms with Crippen LogP contribution in [0.3, 0.4) is 0 Å². The summed E-state index contributed by atoms with van der Waals surface area (Å²) in [5.41, 5.74) is -4.04. The molecule has 0 rings (SSSR count). The average molecular weight is 507 g/mol. The largest absolute Gasteiger partial charge is 0.468 e. The van der Waals surface area contributed by atoms with E-state index in [0.29, 0.717) is 6.61 Å². The molecule has 0 spiro atoms. The summed E-state index contributed by atoms with van der Waals surface area (Å²) in [6.07, 6.45) is 0.752. The fourth-order valence-corrected chi connectivity index (χ4v) is 2.94. The molecule has 0 aromatic carbocycles. The van der Waals surface area contributed by atoms with Crippen molar-refractivity contribution in [2.75, 3.05) is 67.6 Å². The van der Waals surface area contributed by atoms with Crippen molar-refractivity contribution in [2.45, 2.75) is 60.5 Å². The zero-order valence-corrected chi connectivity index (χ0v) is 23.2. The fourth-order valence-electron chi connectivity index (χ4n) is 2.94. The fraction of sp³-hybridized carbons (Fsp3) is 0.880. The van der Waals surface area contributed by atoms with E-state index in [2.05, 4.69) is 0 Å². The number of methoxy groups -OCH3 is 3. The molecule has 0 amide bonds. The van der Waals surface area contributed by atoms with Gasteiger partial charge >= 0.3 is 17.9 Å². The molecule has 0 fully saturated rings. The molecule has 0 aromatic heterocycles. The second kappa shape index (κ2) is 14.7. The summed E-state index contributed by atoms with van der Waals surface area (Å²) < 4.78 is 37.6. The third kappa shape index (κ3) is 10.4. The Bertz CT molecular complexity index is 679. The molecular formula is C25H46O10. The van der Waals surface area contributed by atoms with Crippen LogP contribution in [0.4, 0.5) is 0 Å². The van der Waals surface area contributed by atoms with Crippen molar-refractivity contribution in [1.82, 2.24) is 0 Å². The Balaban J connectivity index is 5.48. The summed E-state index contributed by atoms with van der Waals surface area (Å²) in [5, 5.41) is 0. The molecule has 35 heavy (non-hydrogen) atoms. The van der Waals surface area contributed by atoms with E-state index >= 15 is 0 Å². The molecule has 0 aromatic rings. The number of hydrogen-bond acceptors (Lipinski definition) is 10. The molecule has 0 saturated heterocycles. The van der Waals surface area contributed by atoms with Crippen LogP contribution in [-0.4, -0.2) is 91.1 Å². The van der Waals surface area contributed by atoms with Crippen molar-refractivity contribution in [3.63, 3.8) is 0 Å². The van der Waals surface area contributed by atoms with Gasteiger partial charge in [0.1, 0.15) is 29.5 Å². The summed E-state index contributed by atoms with van der Waals surface area (Å²) >= 11 is 0. The van der Waals surface area contributed by atoms with Crippen molar-refractivity contribution in [3.8, 4) is 0 Å². The molecular weight excluding hydrogens is 460 g/mol. The van der Waals surface area contributed by atoms with Gasteiger partial charge in [0, 0.05) is 20.8 Å². The summed E-state index contributed by atoms with van der Waals surface area (Å²) in [7, 11) is 4.16. The second-order valence-electron chi connectivity index (χ2n) is 10.2. The van der Waals surface area contributed by atoms with Gasteiger partial charge < -0.3 is 33.2 Å². The van der Waals surface area contributed by atoms with Crippen molar-refractivity contribution in [3.05, 3.63) is 0 Å². The molecule has 10 heteroatoms. The number of hydrogen-bond donors (Lipinski definition) is 0. The number of ether oxygens (including phenoxy) is 7. The summed E-state index contributed by atoms with van der Waals surface area (Å²) in [4.78, 5) is 38.5. The maximum Gasteiger partial charge on any atom is 0.318 e. The zero-order valence-electron chi connectivity index (χ0n) is 23.2. The van der Waals surface area contributed by atoms with E-state index in [0.717, 1.165) is 6.42 Å². The molecule has 0 heterocycles. The Hall–Kier alpha value is -1.75. The highest BCUT2D eigenvalue weighted by atomic mass is 16.6. The van der Waals surface area contributed by atoms with Crippen LogP contribution in [0.1, 0.15) is 54.9 Å². The Morgan fingerprint density at radius 2 is 1.03 bits per heavy atom. The van der Waals surface area contributed by atoms with Crippen molar-refractivity contribution in [2.24, 2.45) is 16.2 Å². The summed E-state index contributed by atoms with van der Waals surface area (Å²) in [6.45, 7) is 12.4. The van der Waals surface area contributed by atoms with E-state index in [4.69, 9.17) is 33.2 Å². The standard InChI is InChI=1S/C25H46O10/c1-11-22(3,4)35-18-24(6,14-30-9)21(28)34-17-25(7,19(26)31-10)16-33-20(27)23(5,13-29-8)15-32-12-2/h11-18H2,1-10H3. The lowest BCUT2D eigenvalue weighted by molar-refractivity contribution is -0.181. The maximum absolute atomic E-state index is 13.0. The molecule has 0 aliphatic carbocycles. The van der Waals surface area contributed by atoms with E-state index < -0.39 is 39.8 Å². The van der Waals surface area contributed by atoms with Gasteiger partial charge in [-0.15, -0.1) is 0 Å². The van der Waals surface area contributed by atoms with Gasteiger partial charge in [-0.05, 0) is 48.0 Å². The highest BCUT2D eigenvalue weighted by molar-refractivity contribution is 5.80. The smallest absolute Gasteiger partial charge is 0.318 e. The Kier molecular flexibility index (Phi) is 14.0. The van der Waals surface area contributed by atoms with Crippen LogP contribution in [0, 0.1) is 16.2 Å². The zero-order chi connectivity index (χ0) is 27.3. The van der Waals surface area contributed by atoms with E-state index in [1.54, 1.807) is 13.8 Å². The Labute approximate surface area is 210 Å². The predicted molar refractivity (Wildman–Crippen MR) is 129 cm³/mol. The van der Waals surface area contributed by atoms with Crippen molar-refractivity contribution >= 4 is 17.9 Å². The average Bonchev–Trinajstić information content (AvgIpc) is 2.83. The highest BCUT2D eigenvalue weighted by Crippen LogP contribution is 2.28. The summed E-state index contributed by atoms with van der Waals surface area (Å²) in [6, 6.07) is 0. The molecule has 0 aliphatic rings. The Morgan fingerprint density at radius 1 is 0.600 bits per heavy atom. The van der Waals surface area contributed by atoms with Gasteiger partial charge in [-0.1, -0.05) is 6.92 Å². The SMILES string of the molecule is CCOCC(C)(COC)C(=O)OCC(C)(COC(=O)C(C)(COC)COC(C)(C)CC)C(=O)OC. The van der Waals surface area contributed by atoms with E-state index in [-0.39, 0.29) is 39.6 Å². The van der Waals surface area contributed by atoms with Crippen LogP contribution in [0.25, 0.3) is 0 Å². The van der Waals surface area contributed by atoms with Gasteiger partial charge in [-0.25, -0.2) is 0 Å². The van der Waals surface area contributed by atoms with E-state index in [9.17, 15) is 14.4 Å². The van der Waals surface area contributed by atoms with Crippen LogP contribution in [0.15, 0.2) is 0 Å². The first-order valence-corrected chi connectivity index (χ1v) is 11.8. The lowest BCUT2D eigenvalue weighted by Crippen LogP contribution is -2.46. The van der Waals surface area contributed by atoms with Crippen molar-refractivity contribution < 1.29 is 47.5 Å². The third-order valence-corrected chi connectivity index (χ3v) is 5.89. The van der Waals surface area contributed by atoms with E-state index in [1.807, 2.05) is 27.7 Å². The van der Waals surface area contributed by atoms with Crippen molar-refractivity contribution in [1.29, 1.82) is 0 Å². The molecule has 0 bridgehead atoms. The minimum Gasteiger partial charge on any atom is -0.468 e. The predicted octanol–water partition coefficient (Wildman–Crippen LogP) is 2.80. The van der Waals surface area contributed by atoms with Crippen LogP contribution in [0.5, 0.6) is 0 Å². The topological polar surface area (TPSA) is 116 Å². The molecule has 0 radical (unpaired) electrons. The normalized spacial score (nSPS) is 17.0. The molecule has 3 unspecified atom stereocenters. The van der Waals surface area contributed by atoms with Crippen LogP contribution in [0.2, 0.25) is 0 Å². The molecule has 0 saturated carbocycles. The van der Waals surface area contributed by atoms with Gasteiger partial charge in [0.05, 0.1) is 39.1 Å². The Morgan fingerprint density at radius 3 is 1.40 bits per heavy atom. The van der Waals surface area contributed by atoms with Crippen LogP contribution < -0.4 is 0 Å². The minimum atomic E-state index is -1.43. The van der Waals surface area contributed by atoms with Gasteiger partial charge in [-0.3, -0.25) is 14.4 Å². The van der Waals surface area contributed by atoms with Gasteiger partial charge in [-0.2, -0.15) is 0 Å². The quantitative estimate of drug-likeness (QED) is 0.203. The third-order valence-electron chi connectivity index (χ3n) is 5.89. The van der Waals surface area contributed by atoms with E-state index in [1.165, 1.54) is 28.3 Å². The van der Waals surface area contributed by atoms with Gasteiger partial charge in [0.25, 0.3) is 0 Å². The summed E-state index contributed by atoms with van der Waals surface area (Å²) in [5.74, 6) is -1.89. The molecule has 206 valence electrons. The maximum atomic E-state index is 13.0. The first-order chi connectivity index (χ1) is 16.2. The lowest BCUT2D eigenvalue weighted by atomic mass is 9.90. The monoisotopic (exact) mass is 506 g/mol. The lowest BCUT2D eigenvalue weighted by Gasteiger charge is -2.33. The molecule has 10 nitrogen and oxygen atoms in total. The number of rotatable bonds is 18. The first kappa shape index (κ1) is 33.2. The number of carbonyl (C=O) groups excluding carboxylic acids is 3. The minimum absolute atomic E-state index is 0.0579. The molecule has 3 atom stereocenters.